The zero-order chi connectivity index (χ0) is 26.2. The molecule has 0 radical (unpaired) electrons. The first kappa shape index (κ1) is 26.7. The molecule has 9 heteroatoms. The average molecular weight is 593 g/mol. The number of hydrogen-bond donors (Lipinski definition) is 0. The minimum absolute atomic E-state index is 0.280. The number of ether oxygens (including phenoxy) is 1. The van der Waals surface area contributed by atoms with Crippen LogP contribution in [0.4, 0.5) is 10.6 Å². The van der Waals surface area contributed by atoms with Crippen LogP contribution in [0.2, 0.25) is 10.0 Å². The molecule has 36 heavy (non-hydrogen) atoms. The topological polar surface area (TPSA) is 62.7 Å². The van der Waals surface area contributed by atoms with Gasteiger partial charge in [-0.1, -0.05) is 39.1 Å². The average Bonchev–Trinajstić information content (AvgIpc) is 2.78. The lowest BCUT2D eigenvalue weighted by Gasteiger charge is -2.39. The van der Waals surface area contributed by atoms with E-state index in [9.17, 15) is 9.59 Å². The quantitative estimate of drug-likeness (QED) is 0.313. The Morgan fingerprint density at radius 2 is 1.92 bits per heavy atom. The lowest BCUT2D eigenvalue weighted by atomic mass is 10.0. The number of hydrogen-bond acceptors (Lipinski definition) is 4. The standard InChI is InChI=1S/C27H28BrCl2N3O3/c1-16-12-19(29)13-17-9-10-31-24(23(16)17)33(25(34)21-8-7-18(28)14-22(21)30)20-6-5-11-32(15-20)26(35)36-27(2,3)4/h7-10,12-14,20H,5-6,11,15H2,1-4H3/t20-/m1/s1. The molecule has 2 heterocycles. The summed E-state index contributed by atoms with van der Waals surface area (Å²) in [4.78, 5) is 35.1. The van der Waals surface area contributed by atoms with Crippen molar-refractivity contribution in [3.8, 4) is 0 Å². The van der Waals surface area contributed by atoms with Crippen molar-refractivity contribution in [3.63, 3.8) is 0 Å². The van der Waals surface area contributed by atoms with Crippen LogP contribution >= 0.6 is 39.1 Å². The fourth-order valence-corrected chi connectivity index (χ4v) is 5.56. The Hall–Kier alpha value is -2.35. The molecule has 0 aliphatic carbocycles. The highest BCUT2D eigenvalue weighted by atomic mass is 79.9. The second-order valence-electron chi connectivity index (χ2n) is 9.98. The number of anilines is 1. The van der Waals surface area contributed by atoms with E-state index in [0.29, 0.717) is 40.9 Å². The van der Waals surface area contributed by atoms with Crippen molar-refractivity contribution in [2.45, 2.75) is 52.2 Å². The van der Waals surface area contributed by atoms with E-state index >= 15 is 0 Å². The van der Waals surface area contributed by atoms with Gasteiger partial charge in [-0.3, -0.25) is 9.69 Å². The lowest BCUT2D eigenvalue weighted by molar-refractivity contribution is 0.0196. The van der Waals surface area contributed by atoms with Gasteiger partial charge in [0.25, 0.3) is 5.91 Å². The lowest BCUT2D eigenvalue weighted by Crippen LogP contribution is -2.53. The van der Waals surface area contributed by atoms with E-state index in [1.54, 1.807) is 34.2 Å². The Kier molecular flexibility index (Phi) is 7.83. The fourth-order valence-electron chi connectivity index (χ4n) is 4.53. The molecule has 4 rings (SSSR count). The number of aryl methyl sites for hydroxylation is 1. The number of pyridine rings is 1. The molecule has 2 amide bonds. The highest BCUT2D eigenvalue weighted by molar-refractivity contribution is 9.10. The van der Waals surface area contributed by atoms with Crippen LogP contribution in [0.25, 0.3) is 10.8 Å². The summed E-state index contributed by atoms with van der Waals surface area (Å²) in [7, 11) is 0. The van der Waals surface area contributed by atoms with Gasteiger partial charge in [-0.15, -0.1) is 0 Å². The molecule has 190 valence electrons. The summed E-state index contributed by atoms with van der Waals surface area (Å²) in [5, 5.41) is 2.65. The molecule has 1 aromatic heterocycles. The second-order valence-corrected chi connectivity index (χ2v) is 11.7. The SMILES string of the molecule is Cc1cc(Cl)cc2ccnc(N(C(=O)c3ccc(Br)cc3Cl)[C@@H]3CCCN(C(=O)OC(C)(C)C)C3)c12. The minimum atomic E-state index is -0.613. The Morgan fingerprint density at radius 3 is 2.61 bits per heavy atom. The highest BCUT2D eigenvalue weighted by Gasteiger charge is 2.36. The Bertz CT molecular complexity index is 1330. The van der Waals surface area contributed by atoms with Gasteiger partial charge < -0.3 is 9.64 Å². The number of carbonyl (C=O) groups excluding carboxylic acids is 2. The third-order valence-corrected chi connectivity index (χ3v) is 7.05. The molecule has 2 aromatic carbocycles. The van der Waals surface area contributed by atoms with Gasteiger partial charge in [0.05, 0.1) is 16.6 Å². The van der Waals surface area contributed by atoms with Gasteiger partial charge in [-0.25, -0.2) is 9.78 Å². The molecule has 1 atom stereocenters. The van der Waals surface area contributed by atoms with Crippen molar-refractivity contribution in [2.75, 3.05) is 18.0 Å². The molecule has 1 fully saturated rings. The summed E-state index contributed by atoms with van der Waals surface area (Å²) < 4.78 is 6.39. The van der Waals surface area contributed by atoms with E-state index in [1.807, 2.05) is 45.9 Å². The molecule has 3 aromatic rings. The number of carbonyl (C=O) groups is 2. The predicted octanol–water partition coefficient (Wildman–Crippen LogP) is 7.66. The fraction of sp³-hybridized carbons (Fsp3) is 0.370. The summed E-state index contributed by atoms with van der Waals surface area (Å²) in [6.07, 6.45) is 2.70. The molecule has 0 N–H and O–H groups in total. The van der Waals surface area contributed by atoms with E-state index in [4.69, 9.17) is 27.9 Å². The number of halogens is 3. The molecule has 6 nitrogen and oxygen atoms in total. The molecule has 0 spiro atoms. The molecular formula is C27H28BrCl2N3O3. The molecular weight excluding hydrogens is 565 g/mol. The van der Waals surface area contributed by atoms with Crippen LogP contribution < -0.4 is 4.90 Å². The number of likely N-dealkylation sites (tertiary alicyclic amines) is 1. The van der Waals surface area contributed by atoms with Gasteiger partial charge in [-0.05, 0) is 87.9 Å². The van der Waals surface area contributed by atoms with Gasteiger partial charge in [0.1, 0.15) is 11.4 Å². The van der Waals surface area contributed by atoms with Crippen LogP contribution in [0.5, 0.6) is 0 Å². The first-order valence-corrected chi connectivity index (χ1v) is 13.3. The van der Waals surface area contributed by atoms with Crippen molar-refractivity contribution >= 4 is 67.7 Å². The molecule has 1 aliphatic heterocycles. The first-order valence-electron chi connectivity index (χ1n) is 11.8. The predicted molar refractivity (Wildman–Crippen MR) is 148 cm³/mol. The summed E-state index contributed by atoms with van der Waals surface area (Å²) in [6.45, 7) is 8.34. The largest absolute Gasteiger partial charge is 0.444 e. The first-order chi connectivity index (χ1) is 16.9. The Labute approximate surface area is 229 Å². The maximum absolute atomic E-state index is 14.1. The van der Waals surface area contributed by atoms with Crippen LogP contribution in [0.1, 0.15) is 49.5 Å². The van der Waals surface area contributed by atoms with E-state index in [0.717, 1.165) is 27.2 Å². The third-order valence-electron chi connectivity index (χ3n) is 6.03. The highest BCUT2D eigenvalue weighted by Crippen LogP contribution is 2.35. The molecule has 0 unspecified atom stereocenters. The summed E-state index contributed by atoms with van der Waals surface area (Å²) >= 11 is 16.2. The van der Waals surface area contributed by atoms with E-state index in [-0.39, 0.29) is 11.9 Å². The van der Waals surface area contributed by atoms with Gasteiger partial charge >= 0.3 is 6.09 Å². The number of aromatic nitrogens is 1. The normalized spacial score (nSPS) is 16.2. The van der Waals surface area contributed by atoms with E-state index in [2.05, 4.69) is 20.9 Å². The number of benzene rings is 2. The Morgan fingerprint density at radius 1 is 1.17 bits per heavy atom. The van der Waals surface area contributed by atoms with Crippen molar-refractivity contribution < 1.29 is 14.3 Å². The Balaban J connectivity index is 1.82. The van der Waals surface area contributed by atoms with E-state index in [1.165, 1.54) is 0 Å². The van der Waals surface area contributed by atoms with Crippen molar-refractivity contribution in [1.29, 1.82) is 0 Å². The van der Waals surface area contributed by atoms with Crippen LogP contribution in [0.3, 0.4) is 0 Å². The number of nitrogens with zero attached hydrogens (tertiary/aromatic N) is 3. The number of rotatable bonds is 3. The van der Waals surface area contributed by atoms with Crippen LogP contribution in [-0.4, -0.2) is 46.6 Å². The monoisotopic (exact) mass is 591 g/mol. The van der Waals surface area contributed by atoms with Crippen LogP contribution in [-0.2, 0) is 4.74 Å². The number of fused-ring (bicyclic) bond motifs is 1. The molecule has 0 bridgehead atoms. The summed E-state index contributed by atoms with van der Waals surface area (Å²) in [6, 6.07) is 10.4. The molecule has 1 saturated heterocycles. The summed E-state index contributed by atoms with van der Waals surface area (Å²) in [5.41, 5.74) is 0.651. The zero-order valence-corrected chi connectivity index (χ0v) is 23.7. The number of piperidine rings is 1. The van der Waals surface area contributed by atoms with Gasteiger partial charge in [-0.2, -0.15) is 0 Å². The van der Waals surface area contributed by atoms with Gasteiger partial charge in [0, 0.05) is 34.2 Å². The van der Waals surface area contributed by atoms with E-state index < -0.39 is 11.7 Å². The van der Waals surface area contributed by atoms with Crippen LogP contribution in [0, 0.1) is 6.92 Å². The van der Waals surface area contributed by atoms with Gasteiger partial charge in [0.2, 0.25) is 0 Å². The third kappa shape index (κ3) is 5.79. The maximum atomic E-state index is 14.1. The van der Waals surface area contributed by atoms with Crippen LogP contribution in [0.15, 0.2) is 47.1 Å². The smallest absolute Gasteiger partial charge is 0.410 e. The maximum Gasteiger partial charge on any atom is 0.410 e. The molecule has 1 aliphatic rings. The number of amides is 2. The zero-order valence-electron chi connectivity index (χ0n) is 20.6. The molecule has 0 saturated carbocycles. The van der Waals surface area contributed by atoms with Gasteiger partial charge in [0.15, 0.2) is 0 Å². The van der Waals surface area contributed by atoms with Crippen molar-refractivity contribution in [2.24, 2.45) is 0 Å². The second kappa shape index (κ2) is 10.6. The minimum Gasteiger partial charge on any atom is -0.444 e. The van der Waals surface area contributed by atoms with Crippen molar-refractivity contribution in [3.05, 3.63) is 68.2 Å². The van der Waals surface area contributed by atoms with Crippen molar-refractivity contribution in [1.82, 2.24) is 9.88 Å². The summed E-state index contributed by atoms with van der Waals surface area (Å²) in [5.74, 6) is 0.236.